The number of aryl methyl sites for hydroxylation is 2. The molecule has 0 bridgehead atoms. The van der Waals surface area contributed by atoms with Gasteiger partial charge in [0.25, 0.3) is 5.91 Å². The fourth-order valence-electron chi connectivity index (χ4n) is 2.39. The van der Waals surface area contributed by atoms with Crippen LogP contribution in [0.5, 0.6) is 0 Å². The first kappa shape index (κ1) is 17.7. The third-order valence-corrected chi connectivity index (χ3v) is 3.76. The highest BCUT2D eigenvalue weighted by Crippen LogP contribution is 2.18. The lowest BCUT2D eigenvalue weighted by Gasteiger charge is -2.20. The van der Waals surface area contributed by atoms with Gasteiger partial charge < -0.3 is 14.3 Å². The summed E-state index contributed by atoms with van der Waals surface area (Å²) < 4.78 is 5.17. The van der Waals surface area contributed by atoms with E-state index in [1.54, 1.807) is 31.3 Å². The van der Waals surface area contributed by atoms with Gasteiger partial charge in [-0.05, 0) is 25.8 Å². The molecule has 2 rings (SSSR count). The number of nitrogens with zero attached hydrogens (tertiary/aromatic N) is 4. The van der Waals surface area contributed by atoms with E-state index in [9.17, 15) is 9.59 Å². The monoisotopic (exact) mass is 330 g/mol. The number of hydrogen-bond acceptors (Lipinski definition) is 5. The minimum absolute atomic E-state index is 0.128. The second kappa shape index (κ2) is 8.24. The smallest absolute Gasteiger partial charge is 0.255 e. The molecule has 2 aromatic heterocycles. The summed E-state index contributed by atoms with van der Waals surface area (Å²) in [6.45, 7) is 2.51. The predicted octanol–water partition coefficient (Wildman–Crippen LogP) is 2.07. The molecule has 2 heterocycles. The van der Waals surface area contributed by atoms with Crippen LogP contribution in [0.25, 0.3) is 0 Å². The van der Waals surface area contributed by atoms with E-state index in [4.69, 9.17) is 4.52 Å². The van der Waals surface area contributed by atoms with Crippen molar-refractivity contribution in [2.75, 3.05) is 25.5 Å². The predicted molar refractivity (Wildman–Crippen MR) is 89.8 cm³/mol. The Morgan fingerprint density at radius 3 is 2.79 bits per heavy atom. The van der Waals surface area contributed by atoms with Crippen molar-refractivity contribution in [2.24, 2.45) is 0 Å². The number of rotatable bonds is 8. The SMILES string of the molecule is Cc1cc(CCCCN(C)C(=O)c2ccncc2N(C)C=O)on1. The molecule has 2 amide bonds. The van der Waals surface area contributed by atoms with Crippen LogP contribution < -0.4 is 4.90 Å². The molecular weight excluding hydrogens is 308 g/mol. The molecule has 0 aliphatic heterocycles. The molecule has 0 saturated heterocycles. The molecule has 7 heteroatoms. The largest absolute Gasteiger partial charge is 0.361 e. The first-order valence-corrected chi connectivity index (χ1v) is 7.82. The van der Waals surface area contributed by atoms with Crippen LogP contribution in [0.4, 0.5) is 5.69 Å². The molecule has 0 atom stereocenters. The zero-order valence-electron chi connectivity index (χ0n) is 14.2. The van der Waals surface area contributed by atoms with Crippen LogP contribution in [-0.4, -0.2) is 48.0 Å². The summed E-state index contributed by atoms with van der Waals surface area (Å²) in [7, 11) is 3.35. The van der Waals surface area contributed by atoms with Crippen LogP contribution in [0, 0.1) is 6.92 Å². The van der Waals surface area contributed by atoms with Gasteiger partial charge in [-0.2, -0.15) is 0 Å². The van der Waals surface area contributed by atoms with Gasteiger partial charge in [-0.15, -0.1) is 0 Å². The number of unbranched alkanes of at least 4 members (excludes halogenated alkanes) is 1. The Balaban J connectivity index is 1.89. The second-order valence-electron chi connectivity index (χ2n) is 5.73. The standard InChI is InChI=1S/C17H22N4O3/c1-13-10-14(24-19-13)6-4-5-9-20(2)17(23)15-7-8-18-11-16(15)21(3)12-22/h7-8,10-12H,4-6,9H2,1-3H3. The maximum absolute atomic E-state index is 12.6. The lowest BCUT2D eigenvalue weighted by atomic mass is 10.1. The van der Waals surface area contributed by atoms with Crippen molar-refractivity contribution in [3.05, 3.63) is 41.5 Å². The molecule has 2 aromatic rings. The average molecular weight is 330 g/mol. The van der Waals surface area contributed by atoms with E-state index in [2.05, 4.69) is 10.1 Å². The van der Waals surface area contributed by atoms with Crippen molar-refractivity contribution >= 4 is 18.0 Å². The third kappa shape index (κ3) is 4.41. The van der Waals surface area contributed by atoms with Gasteiger partial charge in [0.05, 0.1) is 23.1 Å². The minimum atomic E-state index is -0.128. The molecule has 0 radical (unpaired) electrons. The Morgan fingerprint density at radius 1 is 1.33 bits per heavy atom. The molecule has 0 aliphatic carbocycles. The molecule has 128 valence electrons. The van der Waals surface area contributed by atoms with Crippen LogP contribution in [0.2, 0.25) is 0 Å². The summed E-state index contributed by atoms with van der Waals surface area (Å²) in [5, 5.41) is 3.85. The molecule has 0 aliphatic rings. The molecule has 24 heavy (non-hydrogen) atoms. The third-order valence-electron chi connectivity index (χ3n) is 3.76. The van der Waals surface area contributed by atoms with E-state index >= 15 is 0 Å². The van der Waals surface area contributed by atoms with Crippen molar-refractivity contribution < 1.29 is 14.1 Å². The summed E-state index contributed by atoms with van der Waals surface area (Å²) in [6, 6.07) is 3.55. The number of aromatic nitrogens is 2. The summed E-state index contributed by atoms with van der Waals surface area (Å²) >= 11 is 0. The van der Waals surface area contributed by atoms with Gasteiger partial charge in [-0.3, -0.25) is 14.6 Å². The second-order valence-corrected chi connectivity index (χ2v) is 5.73. The molecule has 0 N–H and O–H groups in total. The Kier molecular flexibility index (Phi) is 6.06. The highest BCUT2D eigenvalue weighted by molar-refractivity contribution is 6.01. The van der Waals surface area contributed by atoms with Gasteiger partial charge in [0.1, 0.15) is 5.76 Å². The highest BCUT2D eigenvalue weighted by Gasteiger charge is 2.17. The topological polar surface area (TPSA) is 79.5 Å². The fourth-order valence-corrected chi connectivity index (χ4v) is 2.39. The molecule has 7 nitrogen and oxygen atoms in total. The van der Waals surface area contributed by atoms with Gasteiger partial charge in [-0.25, -0.2) is 0 Å². The zero-order chi connectivity index (χ0) is 17.5. The first-order valence-electron chi connectivity index (χ1n) is 7.82. The molecular formula is C17H22N4O3. The normalized spacial score (nSPS) is 10.5. The van der Waals surface area contributed by atoms with E-state index in [1.165, 1.54) is 11.1 Å². The van der Waals surface area contributed by atoms with Crippen LogP contribution >= 0.6 is 0 Å². The molecule has 0 fully saturated rings. The molecule has 0 aromatic carbocycles. The Hall–Kier alpha value is -2.70. The summed E-state index contributed by atoms with van der Waals surface area (Å²) in [5.41, 5.74) is 1.84. The average Bonchev–Trinajstić information content (AvgIpc) is 3.02. The number of pyridine rings is 1. The number of amides is 2. The van der Waals surface area contributed by atoms with E-state index in [0.29, 0.717) is 24.2 Å². The van der Waals surface area contributed by atoms with E-state index in [1.807, 2.05) is 13.0 Å². The molecule has 0 saturated carbocycles. The van der Waals surface area contributed by atoms with Crippen molar-refractivity contribution in [3.63, 3.8) is 0 Å². The maximum Gasteiger partial charge on any atom is 0.255 e. The van der Waals surface area contributed by atoms with Gasteiger partial charge in [0.15, 0.2) is 0 Å². The summed E-state index contributed by atoms with van der Waals surface area (Å²) in [4.78, 5) is 30.5. The van der Waals surface area contributed by atoms with Gasteiger partial charge >= 0.3 is 0 Å². The number of carbonyl (C=O) groups excluding carboxylic acids is 2. The Morgan fingerprint density at radius 2 is 2.12 bits per heavy atom. The van der Waals surface area contributed by atoms with Crippen LogP contribution in [-0.2, 0) is 11.2 Å². The van der Waals surface area contributed by atoms with E-state index in [-0.39, 0.29) is 5.91 Å². The quantitative estimate of drug-likeness (QED) is 0.547. The Bertz CT molecular complexity index is 699. The summed E-state index contributed by atoms with van der Waals surface area (Å²) in [6.07, 6.45) is 6.29. The number of anilines is 1. The zero-order valence-corrected chi connectivity index (χ0v) is 14.2. The Labute approximate surface area is 141 Å². The minimum Gasteiger partial charge on any atom is -0.361 e. The first-order chi connectivity index (χ1) is 11.5. The van der Waals surface area contributed by atoms with Crippen molar-refractivity contribution in [3.8, 4) is 0 Å². The van der Waals surface area contributed by atoms with E-state index < -0.39 is 0 Å². The van der Waals surface area contributed by atoms with E-state index in [0.717, 1.165) is 30.7 Å². The highest BCUT2D eigenvalue weighted by atomic mass is 16.5. The van der Waals surface area contributed by atoms with Gasteiger partial charge in [-0.1, -0.05) is 5.16 Å². The lowest BCUT2D eigenvalue weighted by molar-refractivity contribution is -0.107. The van der Waals surface area contributed by atoms with Crippen molar-refractivity contribution in [1.82, 2.24) is 15.0 Å². The van der Waals surface area contributed by atoms with Crippen LogP contribution in [0.15, 0.2) is 29.0 Å². The van der Waals surface area contributed by atoms with Crippen LogP contribution in [0.3, 0.4) is 0 Å². The maximum atomic E-state index is 12.6. The molecule has 0 unspecified atom stereocenters. The number of hydrogen-bond donors (Lipinski definition) is 0. The summed E-state index contributed by atoms with van der Waals surface area (Å²) in [5.74, 6) is 0.738. The van der Waals surface area contributed by atoms with Gasteiger partial charge in [0.2, 0.25) is 6.41 Å². The fraction of sp³-hybridized carbons (Fsp3) is 0.412. The number of carbonyl (C=O) groups is 2. The van der Waals surface area contributed by atoms with Gasteiger partial charge in [0, 0.05) is 39.3 Å². The molecule has 0 spiro atoms. The lowest BCUT2D eigenvalue weighted by Crippen LogP contribution is -2.30. The van der Waals surface area contributed by atoms with Crippen molar-refractivity contribution in [1.29, 1.82) is 0 Å². The van der Waals surface area contributed by atoms with Crippen molar-refractivity contribution in [2.45, 2.75) is 26.2 Å². The van der Waals surface area contributed by atoms with Crippen LogP contribution in [0.1, 0.15) is 34.7 Å².